The fourth-order valence-electron chi connectivity index (χ4n) is 2.45. The van der Waals surface area contributed by atoms with Gasteiger partial charge >= 0.3 is 0 Å². The van der Waals surface area contributed by atoms with Gasteiger partial charge in [-0.05, 0) is 47.5 Å². The van der Waals surface area contributed by atoms with Crippen molar-refractivity contribution in [3.63, 3.8) is 0 Å². The molecule has 0 aliphatic heterocycles. The van der Waals surface area contributed by atoms with E-state index in [9.17, 15) is 0 Å². The Kier molecular flexibility index (Phi) is 3.40. The molecule has 1 unspecified atom stereocenters. The second-order valence-corrected chi connectivity index (χ2v) is 5.56. The first-order valence-electron chi connectivity index (χ1n) is 6.54. The maximum absolute atomic E-state index is 5.69. The minimum absolute atomic E-state index is 0.135. The SMILES string of the molecule is CCNC(c1occc1C)c1csc2ccccc12. The van der Waals surface area contributed by atoms with Crippen LogP contribution in [0, 0.1) is 6.92 Å². The van der Waals surface area contributed by atoms with Crippen LogP contribution in [0.1, 0.15) is 29.9 Å². The lowest BCUT2D eigenvalue weighted by Gasteiger charge is -2.16. The third-order valence-electron chi connectivity index (χ3n) is 3.39. The number of aryl methyl sites for hydroxylation is 1. The van der Waals surface area contributed by atoms with Crippen molar-refractivity contribution < 1.29 is 4.42 Å². The van der Waals surface area contributed by atoms with Crippen LogP contribution in [0.3, 0.4) is 0 Å². The van der Waals surface area contributed by atoms with Gasteiger partial charge in [-0.3, -0.25) is 0 Å². The van der Waals surface area contributed by atoms with Crippen LogP contribution in [0.15, 0.2) is 46.4 Å². The molecule has 0 spiro atoms. The number of furan rings is 1. The van der Waals surface area contributed by atoms with Crippen molar-refractivity contribution in [2.75, 3.05) is 6.54 Å². The second-order valence-electron chi connectivity index (χ2n) is 4.65. The van der Waals surface area contributed by atoms with Gasteiger partial charge in [-0.1, -0.05) is 25.1 Å². The molecule has 2 aromatic heterocycles. The maximum atomic E-state index is 5.69. The Labute approximate surface area is 117 Å². The van der Waals surface area contributed by atoms with E-state index in [1.165, 1.54) is 21.2 Å². The second kappa shape index (κ2) is 5.19. The Morgan fingerprint density at radius 2 is 2.11 bits per heavy atom. The summed E-state index contributed by atoms with van der Waals surface area (Å²) in [6.45, 7) is 5.13. The molecule has 1 atom stereocenters. The number of thiophene rings is 1. The van der Waals surface area contributed by atoms with Gasteiger partial charge in [0.25, 0.3) is 0 Å². The quantitative estimate of drug-likeness (QED) is 0.755. The summed E-state index contributed by atoms with van der Waals surface area (Å²) >= 11 is 1.79. The fraction of sp³-hybridized carbons (Fsp3) is 0.250. The molecule has 0 amide bonds. The standard InChI is InChI=1S/C16H17NOS/c1-3-17-15(16-11(2)8-9-18-16)13-10-19-14-7-5-4-6-12(13)14/h4-10,15,17H,3H2,1-2H3. The van der Waals surface area contributed by atoms with E-state index in [0.29, 0.717) is 0 Å². The predicted octanol–water partition coefficient (Wildman–Crippen LogP) is 4.50. The van der Waals surface area contributed by atoms with Gasteiger partial charge in [0.15, 0.2) is 0 Å². The molecular formula is C16H17NOS. The number of hydrogen-bond acceptors (Lipinski definition) is 3. The van der Waals surface area contributed by atoms with E-state index in [1.54, 1.807) is 17.6 Å². The lowest BCUT2D eigenvalue weighted by Crippen LogP contribution is -2.21. The Hall–Kier alpha value is -1.58. The summed E-state index contributed by atoms with van der Waals surface area (Å²) in [6, 6.07) is 10.7. The van der Waals surface area contributed by atoms with E-state index >= 15 is 0 Å². The number of benzene rings is 1. The molecule has 0 radical (unpaired) electrons. The van der Waals surface area contributed by atoms with E-state index in [2.05, 4.69) is 48.8 Å². The van der Waals surface area contributed by atoms with Gasteiger partial charge in [-0.15, -0.1) is 11.3 Å². The van der Waals surface area contributed by atoms with Crippen LogP contribution in [0.2, 0.25) is 0 Å². The van der Waals surface area contributed by atoms with E-state index in [4.69, 9.17) is 4.42 Å². The third kappa shape index (κ3) is 2.20. The number of fused-ring (bicyclic) bond motifs is 1. The van der Waals surface area contributed by atoms with Crippen molar-refractivity contribution >= 4 is 21.4 Å². The normalized spacial score (nSPS) is 12.9. The topological polar surface area (TPSA) is 25.2 Å². The third-order valence-corrected chi connectivity index (χ3v) is 4.38. The lowest BCUT2D eigenvalue weighted by molar-refractivity contribution is 0.451. The predicted molar refractivity (Wildman–Crippen MR) is 80.8 cm³/mol. The zero-order valence-corrected chi connectivity index (χ0v) is 12.0. The van der Waals surface area contributed by atoms with E-state index < -0.39 is 0 Å². The van der Waals surface area contributed by atoms with Gasteiger partial charge in [-0.2, -0.15) is 0 Å². The van der Waals surface area contributed by atoms with Crippen LogP contribution >= 0.6 is 11.3 Å². The molecule has 2 nitrogen and oxygen atoms in total. The van der Waals surface area contributed by atoms with Crippen LogP contribution in [0.5, 0.6) is 0 Å². The van der Waals surface area contributed by atoms with Crippen molar-refractivity contribution in [2.45, 2.75) is 19.9 Å². The highest BCUT2D eigenvalue weighted by Gasteiger charge is 2.21. The lowest BCUT2D eigenvalue weighted by atomic mass is 10.0. The Morgan fingerprint density at radius 1 is 1.26 bits per heavy atom. The summed E-state index contributed by atoms with van der Waals surface area (Å²) in [5.74, 6) is 1.02. The minimum Gasteiger partial charge on any atom is -0.467 e. The maximum Gasteiger partial charge on any atom is 0.128 e. The summed E-state index contributed by atoms with van der Waals surface area (Å²) in [6.07, 6.45) is 1.77. The molecule has 3 heteroatoms. The first-order valence-corrected chi connectivity index (χ1v) is 7.42. The molecule has 0 fully saturated rings. The van der Waals surface area contributed by atoms with Crippen molar-refractivity contribution in [2.24, 2.45) is 0 Å². The number of nitrogens with one attached hydrogen (secondary N) is 1. The van der Waals surface area contributed by atoms with Crippen LogP contribution < -0.4 is 5.32 Å². The number of hydrogen-bond donors (Lipinski definition) is 1. The summed E-state index contributed by atoms with van der Waals surface area (Å²) in [5.41, 5.74) is 2.50. The summed E-state index contributed by atoms with van der Waals surface area (Å²) in [7, 11) is 0. The average Bonchev–Trinajstić information content (AvgIpc) is 3.03. The summed E-state index contributed by atoms with van der Waals surface area (Å²) in [4.78, 5) is 0. The van der Waals surface area contributed by atoms with E-state index in [0.717, 1.165) is 12.3 Å². The molecule has 1 N–H and O–H groups in total. The minimum atomic E-state index is 0.135. The van der Waals surface area contributed by atoms with Crippen molar-refractivity contribution in [3.8, 4) is 0 Å². The molecule has 19 heavy (non-hydrogen) atoms. The van der Waals surface area contributed by atoms with Gasteiger partial charge < -0.3 is 9.73 Å². The molecule has 0 aliphatic rings. The van der Waals surface area contributed by atoms with Crippen LogP contribution in [0.4, 0.5) is 0 Å². The Bertz CT molecular complexity index is 683. The highest BCUT2D eigenvalue weighted by molar-refractivity contribution is 7.17. The molecule has 0 saturated heterocycles. The van der Waals surface area contributed by atoms with Gasteiger partial charge in [0.1, 0.15) is 5.76 Å². The van der Waals surface area contributed by atoms with Crippen LogP contribution in [-0.2, 0) is 0 Å². The smallest absolute Gasteiger partial charge is 0.128 e. The fourth-order valence-corrected chi connectivity index (χ4v) is 3.44. The average molecular weight is 271 g/mol. The van der Waals surface area contributed by atoms with Gasteiger partial charge in [0.05, 0.1) is 12.3 Å². The molecule has 2 heterocycles. The largest absolute Gasteiger partial charge is 0.467 e. The molecule has 0 saturated carbocycles. The molecule has 1 aromatic carbocycles. The van der Waals surface area contributed by atoms with Crippen LogP contribution in [0.25, 0.3) is 10.1 Å². The molecule has 3 aromatic rings. The van der Waals surface area contributed by atoms with Crippen molar-refractivity contribution in [1.29, 1.82) is 0 Å². The monoisotopic (exact) mass is 271 g/mol. The number of rotatable bonds is 4. The van der Waals surface area contributed by atoms with Crippen molar-refractivity contribution in [3.05, 3.63) is 58.9 Å². The summed E-state index contributed by atoms with van der Waals surface area (Å²) in [5, 5.41) is 7.08. The first-order chi connectivity index (χ1) is 9.31. The van der Waals surface area contributed by atoms with E-state index in [1.807, 2.05) is 6.07 Å². The van der Waals surface area contributed by atoms with Gasteiger partial charge in [-0.25, -0.2) is 0 Å². The van der Waals surface area contributed by atoms with Crippen LogP contribution in [-0.4, -0.2) is 6.54 Å². The zero-order chi connectivity index (χ0) is 13.2. The van der Waals surface area contributed by atoms with E-state index in [-0.39, 0.29) is 6.04 Å². The molecule has 98 valence electrons. The molecule has 3 rings (SSSR count). The van der Waals surface area contributed by atoms with Gasteiger partial charge in [0.2, 0.25) is 0 Å². The Balaban J connectivity index is 2.12. The first kappa shape index (κ1) is 12.5. The molecule has 0 aliphatic carbocycles. The summed E-state index contributed by atoms with van der Waals surface area (Å²) < 4.78 is 7.02. The molecular weight excluding hydrogens is 254 g/mol. The highest BCUT2D eigenvalue weighted by atomic mass is 32.1. The highest BCUT2D eigenvalue weighted by Crippen LogP contribution is 2.34. The zero-order valence-electron chi connectivity index (χ0n) is 11.1. The van der Waals surface area contributed by atoms with Crippen molar-refractivity contribution in [1.82, 2.24) is 5.32 Å². The Morgan fingerprint density at radius 3 is 2.84 bits per heavy atom. The van der Waals surface area contributed by atoms with Gasteiger partial charge in [0, 0.05) is 4.70 Å². The molecule has 0 bridgehead atoms.